The topological polar surface area (TPSA) is 85.3 Å². The maximum absolute atomic E-state index is 13.8. The molecule has 2 aromatic carbocycles. The molecule has 5 rings (SSSR count). The van der Waals surface area contributed by atoms with E-state index in [-0.39, 0.29) is 24.3 Å². The predicted octanol–water partition coefficient (Wildman–Crippen LogP) is 5.50. The van der Waals surface area contributed by atoms with Crippen LogP contribution in [0.3, 0.4) is 0 Å². The SMILES string of the molecule is CCN(c1cc(-c2ccc(C(=O)N3CCC3)cc2)cc(C(=O)NCC2C(=O)N=C(C)C=C2C)c1C)C1CCC(N(C)C)CC1. The summed E-state index contributed by atoms with van der Waals surface area (Å²) in [5.74, 6) is -0.804. The van der Waals surface area contributed by atoms with Crippen LogP contribution >= 0.6 is 0 Å². The second-order valence-electron chi connectivity index (χ2n) is 12.8. The van der Waals surface area contributed by atoms with Gasteiger partial charge in [-0.2, -0.15) is 0 Å². The van der Waals surface area contributed by atoms with Crippen LogP contribution in [0, 0.1) is 12.8 Å². The highest BCUT2D eigenvalue weighted by atomic mass is 16.2. The van der Waals surface area contributed by atoms with E-state index in [1.165, 1.54) is 0 Å². The van der Waals surface area contributed by atoms with Crippen molar-refractivity contribution in [2.45, 2.75) is 71.9 Å². The fourth-order valence-electron chi connectivity index (χ4n) is 6.87. The molecule has 234 valence electrons. The van der Waals surface area contributed by atoms with Gasteiger partial charge in [-0.1, -0.05) is 17.7 Å². The molecule has 3 aliphatic rings. The van der Waals surface area contributed by atoms with Crippen molar-refractivity contribution < 1.29 is 14.4 Å². The minimum atomic E-state index is -0.457. The number of hydrogen-bond acceptors (Lipinski definition) is 5. The van der Waals surface area contributed by atoms with Gasteiger partial charge in [0.05, 0.1) is 5.92 Å². The van der Waals surface area contributed by atoms with Crippen LogP contribution < -0.4 is 10.2 Å². The molecule has 1 saturated carbocycles. The smallest absolute Gasteiger partial charge is 0.254 e. The van der Waals surface area contributed by atoms with Gasteiger partial charge in [-0.05, 0) is 121 Å². The molecule has 2 aromatic rings. The normalized spacial score (nSPS) is 21.8. The zero-order valence-electron chi connectivity index (χ0n) is 27.2. The summed E-state index contributed by atoms with van der Waals surface area (Å²) in [4.78, 5) is 50.0. The number of aliphatic imine (C=N–C) groups is 1. The van der Waals surface area contributed by atoms with Crippen molar-refractivity contribution in [3.05, 3.63) is 64.7 Å². The van der Waals surface area contributed by atoms with Crippen LogP contribution in [0.1, 0.15) is 79.2 Å². The summed E-state index contributed by atoms with van der Waals surface area (Å²) in [6.45, 7) is 10.6. The summed E-state index contributed by atoms with van der Waals surface area (Å²) >= 11 is 0. The van der Waals surface area contributed by atoms with E-state index in [0.29, 0.717) is 28.9 Å². The standard InChI is InChI=1S/C36H47N5O3/c1-7-41(30-15-13-29(14-16-30)39(5)6)33-21-28(26-9-11-27(12-10-26)36(44)40-17-8-18-40)20-31(25(33)4)34(42)37-22-32-23(2)19-24(3)38-35(32)43/h9-12,19-21,29-30,32H,7-8,13-18,22H2,1-6H3,(H,37,42). The summed E-state index contributed by atoms with van der Waals surface area (Å²) in [5.41, 5.74) is 6.78. The van der Waals surface area contributed by atoms with Crippen LogP contribution in [-0.2, 0) is 4.79 Å². The molecule has 0 radical (unpaired) electrons. The molecule has 44 heavy (non-hydrogen) atoms. The Kier molecular flexibility index (Phi) is 9.68. The molecular formula is C36H47N5O3. The van der Waals surface area contributed by atoms with Gasteiger partial charge < -0.3 is 20.0 Å². The van der Waals surface area contributed by atoms with Gasteiger partial charge in [0.25, 0.3) is 17.7 Å². The first-order valence-electron chi connectivity index (χ1n) is 16.1. The van der Waals surface area contributed by atoms with Gasteiger partial charge in [-0.25, -0.2) is 4.99 Å². The molecule has 1 unspecified atom stereocenters. The Bertz CT molecular complexity index is 1460. The van der Waals surface area contributed by atoms with Gasteiger partial charge in [0.15, 0.2) is 0 Å². The van der Waals surface area contributed by atoms with Crippen molar-refractivity contribution >= 4 is 29.1 Å². The number of rotatable bonds is 9. The zero-order valence-corrected chi connectivity index (χ0v) is 27.2. The number of benzene rings is 2. The van der Waals surface area contributed by atoms with Gasteiger partial charge in [-0.15, -0.1) is 0 Å². The number of hydrogen-bond donors (Lipinski definition) is 1. The molecule has 2 aliphatic heterocycles. The van der Waals surface area contributed by atoms with Gasteiger partial charge in [-0.3, -0.25) is 14.4 Å². The number of nitrogens with one attached hydrogen (secondary N) is 1. The number of nitrogens with zero attached hydrogens (tertiary/aromatic N) is 4. The lowest BCUT2D eigenvalue weighted by Crippen LogP contribution is -2.42. The predicted molar refractivity (Wildman–Crippen MR) is 178 cm³/mol. The van der Waals surface area contributed by atoms with Crippen molar-refractivity contribution in [1.82, 2.24) is 15.1 Å². The quantitative estimate of drug-likeness (QED) is 0.413. The monoisotopic (exact) mass is 597 g/mol. The number of allylic oxidation sites excluding steroid dienone is 1. The highest BCUT2D eigenvalue weighted by molar-refractivity contribution is 6.06. The molecule has 3 amide bonds. The van der Waals surface area contributed by atoms with Crippen molar-refractivity contribution in [3.8, 4) is 11.1 Å². The molecule has 0 bridgehead atoms. The van der Waals surface area contributed by atoms with E-state index in [2.05, 4.69) is 47.2 Å². The van der Waals surface area contributed by atoms with Gasteiger partial charge >= 0.3 is 0 Å². The Hall–Kier alpha value is -3.78. The Morgan fingerprint density at radius 1 is 0.955 bits per heavy atom. The Morgan fingerprint density at radius 2 is 1.61 bits per heavy atom. The average Bonchev–Trinajstić information content (AvgIpc) is 2.97. The maximum atomic E-state index is 13.8. The van der Waals surface area contributed by atoms with E-state index in [0.717, 1.165) is 79.7 Å². The van der Waals surface area contributed by atoms with Crippen LogP contribution in [0.25, 0.3) is 11.1 Å². The molecule has 1 aliphatic carbocycles. The van der Waals surface area contributed by atoms with E-state index in [1.807, 2.05) is 62.1 Å². The first-order valence-corrected chi connectivity index (χ1v) is 16.1. The van der Waals surface area contributed by atoms with E-state index >= 15 is 0 Å². The number of amides is 3. The molecule has 1 N–H and O–H groups in total. The molecule has 1 atom stereocenters. The maximum Gasteiger partial charge on any atom is 0.254 e. The number of dihydropyridines is 1. The lowest BCUT2D eigenvalue weighted by atomic mass is 9.88. The summed E-state index contributed by atoms with van der Waals surface area (Å²) < 4.78 is 0. The third kappa shape index (κ3) is 6.65. The summed E-state index contributed by atoms with van der Waals surface area (Å²) in [6.07, 6.45) is 7.47. The van der Waals surface area contributed by atoms with E-state index < -0.39 is 5.92 Å². The third-order valence-electron chi connectivity index (χ3n) is 9.76. The van der Waals surface area contributed by atoms with Crippen molar-refractivity contribution in [3.63, 3.8) is 0 Å². The average molecular weight is 598 g/mol. The first-order chi connectivity index (χ1) is 21.1. The van der Waals surface area contributed by atoms with Gasteiger partial charge in [0, 0.05) is 60.8 Å². The summed E-state index contributed by atoms with van der Waals surface area (Å²) in [7, 11) is 4.32. The van der Waals surface area contributed by atoms with E-state index in [4.69, 9.17) is 0 Å². The van der Waals surface area contributed by atoms with Crippen molar-refractivity contribution in [2.75, 3.05) is 45.2 Å². The van der Waals surface area contributed by atoms with Gasteiger partial charge in [0.1, 0.15) is 0 Å². The molecule has 8 nitrogen and oxygen atoms in total. The molecule has 0 spiro atoms. The van der Waals surface area contributed by atoms with Gasteiger partial charge in [0.2, 0.25) is 0 Å². The highest BCUT2D eigenvalue weighted by Gasteiger charge is 2.29. The summed E-state index contributed by atoms with van der Waals surface area (Å²) in [5, 5.41) is 3.05. The minimum Gasteiger partial charge on any atom is -0.369 e. The molecule has 2 heterocycles. The second kappa shape index (κ2) is 13.5. The molecule has 1 saturated heterocycles. The van der Waals surface area contributed by atoms with Crippen LogP contribution in [0.2, 0.25) is 0 Å². The number of anilines is 1. The van der Waals surface area contributed by atoms with E-state index in [9.17, 15) is 14.4 Å². The Labute approximate surface area is 262 Å². The zero-order chi connectivity index (χ0) is 31.5. The number of likely N-dealkylation sites (tertiary alicyclic amines) is 1. The molecule has 8 heteroatoms. The Morgan fingerprint density at radius 3 is 2.18 bits per heavy atom. The second-order valence-corrected chi connectivity index (χ2v) is 12.8. The van der Waals surface area contributed by atoms with E-state index in [1.54, 1.807) is 0 Å². The van der Waals surface area contributed by atoms with Crippen molar-refractivity contribution in [1.29, 1.82) is 0 Å². The van der Waals surface area contributed by atoms with Crippen molar-refractivity contribution in [2.24, 2.45) is 10.9 Å². The highest BCUT2D eigenvalue weighted by Crippen LogP contribution is 2.36. The van der Waals surface area contributed by atoms with Crippen LogP contribution in [0.15, 0.2) is 53.0 Å². The lowest BCUT2D eigenvalue weighted by Gasteiger charge is -2.40. The number of carbonyl (C=O) groups excluding carboxylic acids is 3. The van der Waals surface area contributed by atoms with Crippen LogP contribution in [0.5, 0.6) is 0 Å². The molecular weight excluding hydrogens is 550 g/mol. The molecule has 0 aromatic heterocycles. The third-order valence-corrected chi connectivity index (χ3v) is 9.76. The Balaban J connectivity index is 1.46. The minimum absolute atomic E-state index is 0.0686. The van der Waals surface area contributed by atoms with Crippen LogP contribution in [0.4, 0.5) is 5.69 Å². The first kappa shape index (κ1) is 31.6. The lowest BCUT2D eigenvalue weighted by molar-refractivity contribution is -0.120. The number of carbonyl (C=O) groups is 3. The fourth-order valence-corrected chi connectivity index (χ4v) is 6.87. The fraction of sp³-hybridized carbons (Fsp3) is 0.500. The summed E-state index contributed by atoms with van der Waals surface area (Å²) in [6, 6.07) is 12.9. The van der Waals surface area contributed by atoms with Crippen LogP contribution in [-0.4, -0.2) is 85.6 Å². The molecule has 2 fully saturated rings. The largest absolute Gasteiger partial charge is 0.369 e.